The van der Waals surface area contributed by atoms with E-state index in [4.69, 9.17) is 34.0 Å². The van der Waals surface area contributed by atoms with E-state index in [1.54, 1.807) is 0 Å². The Morgan fingerprint density at radius 3 is 2.31 bits per heavy atom. The number of aliphatic hydroxyl groups excluding tert-OH is 1. The molecular weight excluding hydrogens is 282 g/mol. The van der Waals surface area contributed by atoms with E-state index in [-0.39, 0.29) is 28.0 Å². The molecule has 0 aliphatic rings. The van der Waals surface area contributed by atoms with Crippen molar-refractivity contribution in [2.75, 3.05) is 6.61 Å². The van der Waals surface area contributed by atoms with Crippen molar-refractivity contribution in [3.8, 4) is 0 Å². The van der Waals surface area contributed by atoms with Crippen LogP contribution in [-0.4, -0.2) is 17.6 Å². The minimum Gasteiger partial charge on any atom is -0.390 e. The summed E-state index contributed by atoms with van der Waals surface area (Å²) in [5, 5.41) is 8.88. The Balaban J connectivity index is 0.00000225. The molecule has 0 amide bonds. The Labute approximate surface area is 108 Å². The van der Waals surface area contributed by atoms with Gasteiger partial charge in [0.25, 0.3) is 5.92 Å². The molecule has 0 unspecified atom stereocenters. The predicted octanol–water partition coefficient (Wildman–Crippen LogP) is 3.04. The molecule has 0 bridgehead atoms. The maximum Gasteiger partial charge on any atom is 0.289 e. The summed E-state index contributed by atoms with van der Waals surface area (Å²) in [6, 6.07) is 2.39. The third-order valence-electron chi connectivity index (χ3n) is 1.97. The fraction of sp³-hybridized carbons (Fsp3) is 0.333. The van der Waals surface area contributed by atoms with Crippen molar-refractivity contribution >= 4 is 35.6 Å². The molecule has 7 heteroatoms. The predicted molar refractivity (Wildman–Crippen MR) is 62.7 cm³/mol. The van der Waals surface area contributed by atoms with Gasteiger partial charge in [-0.25, -0.2) is 8.78 Å². The van der Waals surface area contributed by atoms with Crippen LogP contribution in [0.1, 0.15) is 11.6 Å². The second-order valence-electron chi connectivity index (χ2n) is 3.07. The van der Waals surface area contributed by atoms with Crippen LogP contribution >= 0.6 is 35.6 Å². The first-order valence-electron chi connectivity index (χ1n) is 4.07. The van der Waals surface area contributed by atoms with Crippen LogP contribution in [0.4, 0.5) is 8.78 Å². The van der Waals surface area contributed by atoms with E-state index in [1.807, 2.05) is 0 Å². The van der Waals surface area contributed by atoms with Crippen molar-refractivity contribution in [3.63, 3.8) is 0 Å². The summed E-state index contributed by atoms with van der Waals surface area (Å²) in [7, 11) is 0. The summed E-state index contributed by atoms with van der Waals surface area (Å²) in [6.07, 6.45) is 0. The zero-order chi connectivity index (χ0) is 11.6. The van der Waals surface area contributed by atoms with Crippen LogP contribution < -0.4 is 5.73 Å². The molecule has 0 saturated heterocycles. The third-order valence-corrected chi connectivity index (χ3v) is 2.71. The standard InChI is InChI=1S/C9H9Cl2F2NO.ClH/c10-6-2-1-5(3-7(6)11)8(14)9(12,13)4-15;/h1-3,8,15H,4,14H2;1H/t8-;/m0./s1. The van der Waals surface area contributed by atoms with Crippen molar-refractivity contribution in [3.05, 3.63) is 33.8 Å². The van der Waals surface area contributed by atoms with Gasteiger partial charge in [-0.3, -0.25) is 0 Å². The van der Waals surface area contributed by atoms with E-state index in [1.165, 1.54) is 18.2 Å². The number of hydrogen-bond acceptors (Lipinski definition) is 2. The van der Waals surface area contributed by atoms with Gasteiger partial charge in [0.2, 0.25) is 0 Å². The van der Waals surface area contributed by atoms with E-state index in [2.05, 4.69) is 0 Å². The Morgan fingerprint density at radius 2 is 1.88 bits per heavy atom. The summed E-state index contributed by atoms with van der Waals surface area (Å²) in [5.41, 5.74) is 5.42. The smallest absolute Gasteiger partial charge is 0.289 e. The van der Waals surface area contributed by atoms with Gasteiger partial charge < -0.3 is 10.8 Å². The summed E-state index contributed by atoms with van der Waals surface area (Å²) in [5.74, 6) is -3.38. The minimum atomic E-state index is -3.38. The summed E-state index contributed by atoms with van der Waals surface area (Å²) < 4.78 is 26.0. The first-order valence-corrected chi connectivity index (χ1v) is 4.83. The number of aliphatic hydroxyl groups is 1. The molecule has 92 valence electrons. The van der Waals surface area contributed by atoms with Gasteiger partial charge in [0, 0.05) is 0 Å². The Kier molecular flexibility index (Phi) is 5.93. The van der Waals surface area contributed by atoms with Gasteiger partial charge >= 0.3 is 0 Å². The number of alkyl halides is 2. The third kappa shape index (κ3) is 3.43. The number of halogens is 5. The molecule has 0 aromatic heterocycles. The number of nitrogens with two attached hydrogens (primary N) is 1. The van der Waals surface area contributed by atoms with Gasteiger partial charge in [0.1, 0.15) is 6.61 Å². The van der Waals surface area contributed by atoms with Crippen molar-refractivity contribution in [2.24, 2.45) is 5.73 Å². The van der Waals surface area contributed by atoms with E-state index in [0.717, 1.165) is 0 Å². The maximum atomic E-state index is 13.0. The second kappa shape index (κ2) is 5.98. The molecule has 1 aromatic carbocycles. The summed E-state index contributed by atoms with van der Waals surface area (Å²) in [6.45, 7) is -1.31. The number of rotatable bonds is 3. The zero-order valence-electron chi connectivity index (χ0n) is 7.96. The van der Waals surface area contributed by atoms with Crippen molar-refractivity contribution in [2.45, 2.75) is 12.0 Å². The normalized spacial score (nSPS) is 13.1. The first kappa shape index (κ1) is 15.9. The monoisotopic (exact) mass is 291 g/mol. The fourth-order valence-electron chi connectivity index (χ4n) is 1.05. The molecule has 0 saturated carbocycles. The van der Waals surface area contributed by atoms with Crippen LogP contribution in [0.5, 0.6) is 0 Å². The van der Waals surface area contributed by atoms with Crippen molar-refractivity contribution < 1.29 is 13.9 Å². The van der Waals surface area contributed by atoms with Crippen molar-refractivity contribution in [1.29, 1.82) is 0 Å². The number of hydrogen-bond donors (Lipinski definition) is 2. The lowest BCUT2D eigenvalue weighted by molar-refractivity contribution is -0.0711. The Bertz CT molecular complexity index is 363. The molecule has 16 heavy (non-hydrogen) atoms. The average molecular weight is 293 g/mol. The van der Waals surface area contributed by atoms with Gasteiger partial charge in [-0.1, -0.05) is 29.3 Å². The zero-order valence-corrected chi connectivity index (χ0v) is 10.3. The first-order chi connectivity index (χ1) is 6.88. The second-order valence-corrected chi connectivity index (χ2v) is 3.88. The highest BCUT2D eigenvalue weighted by Gasteiger charge is 2.37. The lowest BCUT2D eigenvalue weighted by Gasteiger charge is -2.21. The van der Waals surface area contributed by atoms with E-state index in [9.17, 15) is 8.78 Å². The van der Waals surface area contributed by atoms with Crippen LogP contribution in [0.15, 0.2) is 18.2 Å². The van der Waals surface area contributed by atoms with Gasteiger partial charge in [0.05, 0.1) is 16.1 Å². The molecule has 0 aliphatic heterocycles. The topological polar surface area (TPSA) is 46.2 Å². The molecule has 0 spiro atoms. The van der Waals surface area contributed by atoms with Crippen molar-refractivity contribution in [1.82, 2.24) is 0 Å². The molecule has 1 atom stereocenters. The molecule has 1 aromatic rings. The van der Waals surface area contributed by atoms with Gasteiger partial charge in [-0.05, 0) is 17.7 Å². The highest BCUT2D eigenvalue weighted by atomic mass is 35.5. The number of benzene rings is 1. The Hall–Kier alpha value is -0.130. The molecule has 1 rings (SSSR count). The molecule has 0 aliphatic carbocycles. The molecule has 3 N–H and O–H groups in total. The maximum absolute atomic E-state index is 13.0. The average Bonchev–Trinajstić information content (AvgIpc) is 2.21. The van der Waals surface area contributed by atoms with Crippen LogP contribution in [0, 0.1) is 0 Å². The molecule has 0 radical (unpaired) electrons. The summed E-state index contributed by atoms with van der Waals surface area (Å²) in [4.78, 5) is 0. The van der Waals surface area contributed by atoms with Crippen LogP contribution in [0.3, 0.4) is 0 Å². The van der Waals surface area contributed by atoms with Gasteiger partial charge in [-0.15, -0.1) is 12.4 Å². The van der Waals surface area contributed by atoms with Crippen LogP contribution in [0.25, 0.3) is 0 Å². The fourth-order valence-corrected chi connectivity index (χ4v) is 1.35. The highest BCUT2D eigenvalue weighted by Crippen LogP contribution is 2.32. The van der Waals surface area contributed by atoms with Crippen LogP contribution in [0.2, 0.25) is 10.0 Å². The Morgan fingerprint density at radius 1 is 1.31 bits per heavy atom. The van der Waals surface area contributed by atoms with Gasteiger partial charge in [-0.2, -0.15) is 0 Å². The quantitative estimate of drug-likeness (QED) is 0.899. The summed E-state index contributed by atoms with van der Waals surface area (Å²) >= 11 is 11.3. The largest absolute Gasteiger partial charge is 0.390 e. The lowest BCUT2D eigenvalue weighted by atomic mass is 10.0. The molecule has 2 nitrogen and oxygen atoms in total. The highest BCUT2D eigenvalue weighted by molar-refractivity contribution is 6.42. The van der Waals surface area contributed by atoms with Gasteiger partial charge in [0.15, 0.2) is 0 Å². The van der Waals surface area contributed by atoms with E-state index in [0.29, 0.717) is 0 Å². The molecule has 0 fully saturated rings. The van der Waals surface area contributed by atoms with E-state index < -0.39 is 18.6 Å². The van der Waals surface area contributed by atoms with Crippen LogP contribution in [-0.2, 0) is 0 Å². The molecule has 0 heterocycles. The lowest BCUT2D eigenvalue weighted by Crippen LogP contribution is -2.36. The van der Waals surface area contributed by atoms with E-state index >= 15 is 0 Å². The minimum absolute atomic E-state index is 0. The SMILES string of the molecule is Cl.N[C@@H](c1ccc(Cl)c(Cl)c1)C(F)(F)CO. The molecular formula is C9H10Cl3F2NO.